The number of halogens is 1. The molecule has 1 rings (SSSR count). The second kappa shape index (κ2) is 6.52. The molecule has 0 saturated carbocycles. The highest BCUT2D eigenvalue weighted by atomic mass is 35.5. The van der Waals surface area contributed by atoms with Crippen molar-refractivity contribution in [2.45, 2.75) is 12.5 Å². The number of carbonyl (C=O) groups excluding carboxylic acids is 1. The first-order valence-electron chi connectivity index (χ1n) is 5.03. The summed E-state index contributed by atoms with van der Waals surface area (Å²) < 4.78 is 0. The largest absolute Gasteiger partial charge is 0.480 e. The van der Waals surface area contributed by atoms with Gasteiger partial charge in [-0.2, -0.15) is 0 Å². The van der Waals surface area contributed by atoms with E-state index in [1.54, 1.807) is 24.3 Å². The van der Waals surface area contributed by atoms with Crippen LogP contribution in [0.25, 0.3) is 0 Å². The maximum atomic E-state index is 11.5. The van der Waals surface area contributed by atoms with Crippen LogP contribution in [-0.2, 0) is 4.79 Å². The first-order valence-corrected chi connectivity index (χ1v) is 5.40. The van der Waals surface area contributed by atoms with E-state index in [1.807, 2.05) is 0 Å². The van der Waals surface area contributed by atoms with Crippen LogP contribution in [0.15, 0.2) is 24.3 Å². The molecule has 0 bridgehead atoms. The third-order valence-electron chi connectivity index (χ3n) is 2.05. The average Bonchev–Trinajstić information content (AvgIpc) is 2.31. The Morgan fingerprint density at radius 3 is 2.67 bits per heavy atom. The molecule has 1 unspecified atom stereocenters. The fraction of sp³-hybridized carbons (Fsp3) is 0.167. The molecule has 94 valence electrons. The second-order valence-electron chi connectivity index (χ2n) is 3.38. The number of amides is 2. The zero-order valence-electron chi connectivity index (χ0n) is 9.31. The van der Waals surface area contributed by atoms with Crippen LogP contribution in [0.4, 0.5) is 10.5 Å². The van der Waals surface area contributed by atoms with Crippen molar-refractivity contribution in [3.8, 4) is 12.3 Å². The number of carboxylic acids is 1. The van der Waals surface area contributed by atoms with Crippen molar-refractivity contribution in [2.24, 2.45) is 0 Å². The number of rotatable bonds is 4. The van der Waals surface area contributed by atoms with Crippen molar-refractivity contribution in [3.63, 3.8) is 0 Å². The highest BCUT2D eigenvalue weighted by Gasteiger charge is 2.18. The maximum Gasteiger partial charge on any atom is 0.327 e. The van der Waals surface area contributed by atoms with Gasteiger partial charge in [-0.05, 0) is 12.1 Å². The minimum absolute atomic E-state index is 0.0920. The van der Waals surface area contributed by atoms with E-state index in [9.17, 15) is 9.59 Å². The monoisotopic (exact) mass is 266 g/mol. The molecule has 0 saturated heterocycles. The van der Waals surface area contributed by atoms with E-state index in [0.29, 0.717) is 10.7 Å². The van der Waals surface area contributed by atoms with E-state index in [2.05, 4.69) is 16.6 Å². The van der Waals surface area contributed by atoms with E-state index < -0.39 is 18.0 Å². The summed E-state index contributed by atoms with van der Waals surface area (Å²) >= 11 is 5.84. The summed E-state index contributed by atoms with van der Waals surface area (Å²) in [6.07, 6.45) is 4.92. The number of nitrogens with one attached hydrogen (secondary N) is 2. The Kier molecular flexibility index (Phi) is 5.03. The van der Waals surface area contributed by atoms with E-state index in [1.165, 1.54) is 0 Å². The smallest absolute Gasteiger partial charge is 0.327 e. The van der Waals surface area contributed by atoms with E-state index in [-0.39, 0.29) is 6.42 Å². The lowest BCUT2D eigenvalue weighted by Gasteiger charge is -2.13. The molecule has 5 nitrogen and oxygen atoms in total. The Balaban J connectivity index is 2.64. The molecule has 0 aliphatic heterocycles. The fourth-order valence-electron chi connectivity index (χ4n) is 1.20. The first-order chi connectivity index (χ1) is 8.54. The molecule has 18 heavy (non-hydrogen) atoms. The van der Waals surface area contributed by atoms with E-state index in [4.69, 9.17) is 23.1 Å². The minimum atomic E-state index is -1.19. The van der Waals surface area contributed by atoms with Crippen LogP contribution in [0, 0.1) is 12.3 Å². The number of urea groups is 1. The molecule has 0 heterocycles. The Morgan fingerprint density at radius 2 is 2.11 bits per heavy atom. The van der Waals surface area contributed by atoms with Gasteiger partial charge in [-0.1, -0.05) is 23.7 Å². The van der Waals surface area contributed by atoms with E-state index in [0.717, 1.165) is 0 Å². The highest BCUT2D eigenvalue weighted by Crippen LogP contribution is 2.20. The number of aliphatic carboxylic acids is 1. The average molecular weight is 267 g/mol. The molecule has 0 spiro atoms. The minimum Gasteiger partial charge on any atom is -0.480 e. The van der Waals surface area contributed by atoms with Crippen molar-refractivity contribution in [1.29, 1.82) is 0 Å². The number of terminal acetylenes is 1. The van der Waals surface area contributed by atoms with Crippen molar-refractivity contribution in [2.75, 3.05) is 5.32 Å². The van der Waals surface area contributed by atoms with Crippen LogP contribution in [-0.4, -0.2) is 23.1 Å². The number of carbonyl (C=O) groups is 2. The second-order valence-corrected chi connectivity index (χ2v) is 3.78. The van der Waals surface area contributed by atoms with Crippen LogP contribution in [0.3, 0.4) is 0 Å². The zero-order chi connectivity index (χ0) is 13.5. The Hall–Kier alpha value is -2.19. The molecular formula is C12H11ClN2O3. The zero-order valence-corrected chi connectivity index (χ0v) is 10.1. The van der Waals surface area contributed by atoms with Crippen molar-refractivity contribution < 1.29 is 14.7 Å². The summed E-state index contributed by atoms with van der Waals surface area (Å²) in [4.78, 5) is 22.3. The topological polar surface area (TPSA) is 78.4 Å². The standard InChI is InChI=1S/C12H11ClN2O3/c1-2-5-10(11(16)17)15-12(18)14-9-7-4-3-6-8(9)13/h1,3-4,6-7,10H,5H2,(H,16,17)(H2,14,15,18). The van der Waals surface area contributed by atoms with Crippen molar-refractivity contribution in [3.05, 3.63) is 29.3 Å². The van der Waals surface area contributed by atoms with Gasteiger partial charge in [-0.15, -0.1) is 12.3 Å². The van der Waals surface area contributed by atoms with Gasteiger partial charge < -0.3 is 15.7 Å². The van der Waals surface area contributed by atoms with Gasteiger partial charge in [-0.3, -0.25) is 0 Å². The van der Waals surface area contributed by atoms with Crippen molar-refractivity contribution >= 4 is 29.3 Å². The molecule has 0 aliphatic carbocycles. The molecule has 6 heteroatoms. The lowest BCUT2D eigenvalue weighted by Crippen LogP contribution is -2.42. The molecule has 0 radical (unpaired) electrons. The lowest BCUT2D eigenvalue weighted by molar-refractivity contribution is -0.139. The van der Waals surface area contributed by atoms with Gasteiger partial charge in [0.05, 0.1) is 10.7 Å². The highest BCUT2D eigenvalue weighted by molar-refractivity contribution is 6.33. The number of anilines is 1. The Labute approximate surface area is 109 Å². The number of hydrogen-bond acceptors (Lipinski definition) is 2. The van der Waals surface area contributed by atoms with Crippen LogP contribution in [0.5, 0.6) is 0 Å². The van der Waals surface area contributed by atoms with Crippen LogP contribution >= 0.6 is 11.6 Å². The van der Waals surface area contributed by atoms with Gasteiger partial charge in [-0.25, -0.2) is 9.59 Å². The summed E-state index contributed by atoms with van der Waals surface area (Å²) in [5.74, 6) is 0.988. The van der Waals surface area contributed by atoms with Gasteiger partial charge in [0.25, 0.3) is 0 Å². The summed E-state index contributed by atoms with van der Waals surface area (Å²) in [5, 5.41) is 13.9. The van der Waals surface area contributed by atoms with Gasteiger partial charge in [0.1, 0.15) is 6.04 Å². The van der Waals surface area contributed by atoms with Crippen LogP contribution < -0.4 is 10.6 Å². The van der Waals surface area contributed by atoms with Gasteiger partial charge in [0, 0.05) is 6.42 Å². The molecule has 2 amide bonds. The fourth-order valence-corrected chi connectivity index (χ4v) is 1.38. The molecule has 1 aromatic carbocycles. The number of carboxylic acid groups (broad SMARTS) is 1. The van der Waals surface area contributed by atoms with Crippen LogP contribution in [0.1, 0.15) is 6.42 Å². The third kappa shape index (κ3) is 4.00. The van der Waals surface area contributed by atoms with Gasteiger partial charge in [0.15, 0.2) is 0 Å². The van der Waals surface area contributed by atoms with Crippen LogP contribution in [0.2, 0.25) is 5.02 Å². The SMILES string of the molecule is C#CCC(NC(=O)Nc1ccccc1Cl)C(=O)O. The first kappa shape index (κ1) is 13.9. The third-order valence-corrected chi connectivity index (χ3v) is 2.38. The maximum absolute atomic E-state index is 11.5. The quantitative estimate of drug-likeness (QED) is 0.729. The molecule has 1 aromatic rings. The molecule has 0 aliphatic rings. The number of benzene rings is 1. The molecular weight excluding hydrogens is 256 g/mol. The Bertz CT molecular complexity index is 496. The summed E-state index contributed by atoms with van der Waals surface area (Å²) in [6.45, 7) is 0. The summed E-state index contributed by atoms with van der Waals surface area (Å²) in [7, 11) is 0. The molecule has 0 aromatic heterocycles. The molecule has 1 atom stereocenters. The number of hydrogen-bond donors (Lipinski definition) is 3. The summed E-state index contributed by atoms with van der Waals surface area (Å²) in [6, 6.07) is 4.80. The van der Waals surface area contributed by atoms with Gasteiger partial charge >= 0.3 is 12.0 Å². The van der Waals surface area contributed by atoms with E-state index >= 15 is 0 Å². The molecule has 3 N–H and O–H groups in total. The lowest BCUT2D eigenvalue weighted by atomic mass is 10.2. The predicted molar refractivity (Wildman–Crippen MR) is 68.5 cm³/mol. The molecule has 0 fully saturated rings. The summed E-state index contributed by atoms with van der Waals surface area (Å²) in [5.41, 5.74) is 0.390. The van der Waals surface area contributed by atoms with Crippen molar-refractivity contribution in [1.82, 2.24) is 5.32 Å². The normalized spacial score (nSPS) is 11.1. The Morgan fingerprint density at radius 1 is 1.44 bits per heavy atom. The van der Waals surface area contributed by atoms with Gasteiger partial charge in [0.2, 0.25) is 0 Å². The predicted octanol–water partition coefficient (Wildman–Crippen LogP) is 1.94. The number of para-hydroxylation sites is 1.